The van der Waals surface area contributed by atoms with Gasteiger partial charge in [0.2, 0.25) is 5.91 Å². The average molecular weight is 298 g/mol. The molecule has 110 valence electrons. The first kappa shape index (κ1) is 16.5. The molecule has 5 heteroatoms. The number of anilines is 1. The van der Waals surface area contributed by atoms with Crippen molar-refractivity contribution in [1.29, 1.82) is 0 Å². The first-order valence-electron chi connectivity index (χ1n) is 6.83. The number of carboxylic acids is 1. The molecule has 20 heavy (non-hydrogen) atoms. The zero-order chi connectivity index (χ0) is 15.1. The Kier molecular flexibility index (Phi) is 6.52. The Bertz CT molecular complexity index is 488. The maximum Gasteiger partial charge on any atom is 0.337 e. The molecule has 0 aromatic heterocycles. The number of carbonyl (C=O) groups excluding carboxylic acids is 1. The van der Waals surface area contributed by atoms with Gasteiger partial charge in [-0.1, -0.05) is 44.4 Å². The van der Waals surface area contributed by atoms with Gasteiger partial charge in [0.25, 0.3) is 0 Å². The van der Waals surface area contributed by atoms with E-state index in [1.807, 2.05) is 6.92 Å². The number of nitrogens with one attached hydrogen (secondary N) is 1. The number of benzene rings is 1. The summed E-state index contributed by atoms with van der Waals surface area (Å²) in [4.78, 5) is 23.4. The number of carbonyl (C=O) groups is 2. The van der Waals surface area contributed by atoms with Gasteiger partial charge in [-0.15, -0.1) is 0 Å². The minimum atomic E-state index is -1.11. The molecule has 0 spiro atoms. The molecule has 1 aromatic carbocycles. The second-order valence-corrected chi connectivity index (χ2v) is 5.11. The van der Waals surface area contributed by atoms with E-state index in [4.69, 9.17) is 16.7 Å². The summed E-state index contributed by atoms with van der Waals surface area (Å²) >= 11 is 5.99. The van der Waals surface area contributed by atoms with Gasteiger partial charge in [0, 0.05) is 5.92 Å². The van der Waals surface area contributed by atoms with Crippen LogP contribution in [0.1, 0.15) is 49.9 Å². The number of para-hydroxylation sites is 1. The zero-order valence-corrected chi connectivity index (χ0v) is 12.5. The highest BCUT2D eigenvalue weighted by atomic mass is 35.5. The van der Waals surface area contributed by atoms with E-state index in [-0.39, 0.29) is 28.1 Å². The number of rotatable bonds is 7. The van der Waals surface area contributed by atoms with Crippen LogP contribution in [0.15, 0.2) is 18.2 Å². The lowest BCUT2D eigenvalue weighted by molar-refractivity contribution is -0.120. The lowest BCUT2D eigenvalue weighted by atomic mass is 9.98. The minimum absolute atomic E-state index is 0.0104. The van der Waals surface area contributed by atoms with Crippen LogP contribution in [0.3, 0.4) is 0 Å². The Morgan fingerprint density at radius 2 is 2.05 bits per heavy atom. The van der Waals surface area contributed by atoms with Crippen LogP contribution in [-0.2, 0) is 4.79 Å². The topological polar surface area (TPSA) is 66.4 Å². The third-order valence-corrected chi connectivity index (χ3v) is 3.58. The Balaban J connectivity index is 2.92. The van der Waals surface area contributed by atoms with E-state index in [1.54, 1.807) is 12.1 Å². The Morgan fingerprint density at radius 3 is 2.60 bits per heavy atom. The van der Waals surface area contributed by atoms with Crippen molar-refractivity contribution in [2.75, 3.05) is 5.32 Å². The standard InChI is InChI=1S/C15H20ClNO3/c1-3-5-7-10(4-2)14(18)17-13-11(15(19)20)8-6-9-12(13)16/h6,8-10H,3-5,7H2,1-2H3,(H,17,18)(H,19,20). The lowest BCUT2D eigenvalue weighted by Crippen LogP contribution is -2.23. The van der Waals surface area contributed by atoms with Crippen LogP contribution in [0, 0.1) is 5.92 Å². The van der Waals surface area contributed by atoms with Gasteiger partial charge in [0.1, 0.15) is 0 Å². The van der Waals surface area contributed by atoms with Crippen LogP contribution in [0.2, 0.25) is 5.02 Å². The maximum atomic E-state index is 12.2. The summed E-state index contributed by atoms with van der Waals surface area (Å²) in [6, 6.07) is 4.54. The van der Waals surface area contributed by atoms with Gasteiger partial charge < -0.3 is 10.4 Å². The van der Waals surface area contributed by atoms with E-state index in [0.29, 0.717) is 0 Å². The van der Waals surface area contributed by atoms with Gasteiger partial charge in [-0.3, -0.25) is 4.79 Å². The number of hydrogen-bond donors (Lipinski definition) is 2. The van der Waals surface area contributed by atoms with E-state index in [0.717, 1.165) is 25.7 Å². The number of unbranched alkanes of at least 4 members (excludes halogenated alkanes) is 1. The summed E-state index contributed by atoms with van der Waals surface area (Å²) in [7, 11) is 0. The predicted octanol–water partition coefficient (Wildman–Crippen LogP) is 4.19. The molecule has 0 aliphatic carbocycles. The minimum Gasteiger partial charge on any atom is -0.478 e. The quantitative estimate of drug-likeness (QED) is 0.793. The summed E-state index contributed by atoms with van der Waals surface area (Å²) < 4.78 is 0. The van der Waals surface area contributed by atoms with Crippen LogP contribution in [0.25, 0.3) is 0 Å². The molecule has 0 radical (unpaired) electrons. The number of carboxylic acid groups (broad SMARTS) is 1. The number of amides is 1. The number of aromatic carboxylic acids is 1. The molecule has 1 unspecified atom stereocenters. The first-order chi connectivity index (χ1) is 9.51. The molecule has 0 aliphatic rings. The average Bonchev–Trinajstić information content (AvgIpc) is 2.41. The lowest BCUT2D eigenvalue weighted by Gasteiger charge is -2.16. The van der Waals surface area contributed by atoms with E-state index in [1.165, 1.54) is 6.07 Å². The molecule has 1 atom stereocenters. The van der Waals surface area contributed by atoms with Crippen molar-refractivity contribution in [2.45, 2.75) is 39.5 Å². The molecule has 0 bridgehead atoms. The molecule has 0 saturated carbocycles. The van der Waals surface area contributed by atoms with Crippen LogP contribution < -0.4 is 5.32 Å². The van der Waals surface area contributed by atoms with Crippen molar-refractivity contribution >= 4 is 29.2 Å². The molecule has 1 aromatic rings. The van der Waals surface area contributed by atoms with Gasteiger partial charge in [-0.05, 0) is 25.0 Å². The molecule has 0 fully saturated rings. The van der Waals surface area contributed by atoms with Gasteiger partial charge in [0.05, 0.1) is 16.3 Å². The summed E-state index contributed by atoms with van der Waals surface area (Å²) in [5, 5.41) is 12.0. The van der Waals surface area contributed by atoms with Crippen molar-refractivity contribution in [1.82, 2.24) is 0 Å². The van der Waals surface area contributed by atoms with Crippen LogP contribution in [-0.4, -0.2) is 17.0 Å². The largest absolute Gasteiger partial charge is 0.478 e. The fourth-order valence-electron chi connectivity index (χ4n) is 2.03. The molecule has 0 saturated heterocycles. The first-order valence-corrected chi connectivity index (χ1v) is 7.21. The molecular weight excluding hydrogens is 278 g/mol. The third kappa shape index (κ3) is 4.23. The molecule has 0 aliphatic heterocycles. The number of hydrogen-bond acceptors (Lipinski definition) is 2. The van der Waals surface area contributed by atoms with Gasteiger partial charge in [-0.25, -0.2) is 4.79 Å². The summed E-state index contributed by atoms with van der Waals surface area (Å²) in [5.41, 5.74) is 0.192. The van der Waals surface area contributed by atoms with Crippen LogP contribution >= 0.6 is 11.6 Å². The van der Waals surface area contributed by atoms with E-state index < -0.39 is 5.97 Å². The normalized spacial score (nSPS) is 11.9. The highest BCUT2D eigenvalue weighted by molar-refractivity contribution is 6.34. The predicted molar refractivity (Wildman–Crippen MR) is 80.3 cm³/mol. The number of halogens is 1. The van der Waals surface area contributed by atoms with Crippen molar-refractivity contribution in [3.05, 3.63) is 28.8 Å². The SMILES string of the molecule is CCCCC(CC)C(=O)Nc1c(Cl)cccc1C(=O)O. The van der Waals surface area contributed by atoms with Crippen LogP contribution in [0.4, 0.5) is 5.69 Å². The zero-order valence-electron chi connectivity index (χ0n) is 11.8. The van der Waals surface area contributed by atoms with Gasteiger partial charge in [-0.2, -0.15) is 0 Å². The third-order valence-electron chi connectivity index (χ3n) is 3.26. The molecule has 1 amide bonds. The maximum absolute atomic E-state index is 12.2. The van der Waals surface area contributed by atoms with Crippen molar-refractivity contribution in [2.24, 2.45) is 5.92 Å². The molecular formula is C15H20ClNO3. The van der Waals surface area contributed by atoms with Gasteiger partial charge in [0.15, 0.2) is 0 Å². The fraction of sp³-hybridized carbons (Fsp3) is 0.467. The van der Waals surface area contributed by atoms with Crippen LogP contribution in [0.5, 0.6) is 0 Å². The Labute approximate surface area is 124 Å². The Morgan fingerprint density at radius 1 is 1.35 bits per heavy atom. The summed E-state index contributed by atoms with van der Waals surface area (Å²) in [5.74, 6) is -1.39. The second kappa shape index (κ2) is 7.90. The Hall–Kier alpha value is -1.55. The van der Waals surface area contributed by atoms with Crippen molar-refractivity contribution in [3.63, 3.8) is 0 Å². The molecule has 4 nitrogen and oxygen atoms in total. The van der Waals surface area contributed by atoms with E-state index in [9.17, 15) is 9.59 Å². The van der Waals surface area contributed by atoms with Crippen molar-refractivity contribution in [3.8, 4) is 0 Å². The van der Waals surface area contributed by atoms with Crippen molar-refractivity contribution < 1.29 is 14.7 Å². The highest BCUT2D eigenvalue weighted by Gasteiger charge is 2.20. The fourth-order valence-corrected chi connectivity index (χ4v) is 2.25. The summed E-state index contributed by atoms with van der Waals surface area (Å²) in [6.45, 7) is 4.02. The smallest absolute Gasteiger partial charge is 0.337 e. The summed E-state index contributed by atoms with van der Waals surface area (Å²) in [6.07, 6.45) is 3.51. The molecule has 1 rings (SSSR count). The van der Waals surface area contributed by atoms with Gasteiger partial charge >= 0.3 is 5.97 Å². The van der Waals surface area contributed by atoms with E-state index in [2.05, 4.69) is 12.2 Å². The highest BCUT2D eigenvalue weighted by Crippen LogP contribution is 2.27. The van der Waals surface area contributed by atoms with E-state index >= 15 is 0 Å². The monoisotopic (exact) mass is 297 g/mol. The second-order valence-electron chi connectivity index (χ2n) is 4.70. The molecule has 0 heterocycles. The molecule has 2 N–H and O–H groups in total.